The second-order valence-corrected chi connectivity index (χ2v) is 5.82. The average molecular weight is 362 g/mol. The molecular formula is C20H17F3O3. The molecule has 3 nitrogen and oxygen atoms in total. The van der Waals surface area contributed by atoms with Gasteiger partial charge in [0, 0.05) is 17.6 Å². The van der Waals surface area contributed by atoms with Gasteiger partial charge in [0.05, 0.1) is 18.8 Å². The molecule has 0 radical (unpaired) electrons. The van der Waals surface area contributed by atoms with Crippen LogP contribution in [0.1, 0.15) is 24.5 Å². The summed E-state index contributed by atoms with van der Waals surface area (Å²) in [6.45, 7) is 2.38. The van der Waals surface area contributed by atoms with Gasteiger partial charge in [0.2, 0.25) is 0 Å². The third-order valence-corrected chi connectivity index (χ3v) is 4.05. The predicted molar refractivity (Wildman–Crippen MR) is 91.6 cm³/mol. The molecule has 0 spiro atoms. The van der Waals surface area contributed by atoms with Crippen LogP contribution in [0.25, 0.3) is 17.2 Å². The Balaban J connectivity index is 1.95. The van der Waals surface area contributed by atoms with Gasteiger partial charge >= 0.3 is 12.1 Å². The zero-order valence-corrected chi connectivity index (χ0v) is 14.1. The lowest BCUT2D eigenvalue weighted by atomic mass is 10.00. The number of alkyl halides is 3. The van der Waals surface area contributed by atoms with Crippen LogP contribution in [0.2, 0.25) is 0 Å². The van der Waals surface area contributed by atoms with Crippen LogP contribution in [0, 0.1) is 0 Å². The van der Waals surface area contributed by atoms with E-state index in [-0.39, 0.29) is 12.6 Å². The maximum Gasteiger partial charge on any atom is 0.416 e. The molecule has 0 saturated heterocycles. The summed E-state index contributed by atoms with van der Waals surface area (Å²) in [4.78, 5) is 12.0. The molecule has 0 bridgehead atoms. The molecular weight excluding hydrogens is 345 g/mol. The summed E-state index contributed by atoms with van der Waals surface area (Å²) in [5.41, 5.74) is 1.90. The lowest BCUT2D eigenvalue weighted by Gasteiger charge is -2.10. The van der Waals surface area contributed by atoms with Gasteiger partial charge in [0.15, 0.2) is 0 Å². The molecule has 0 aliphatic carbocycles. The quantitative estimate of drug-likeness (QED) is 0.713. The standard InChI is InChI=1S/C20H17F3O3/c1-2-25-19(24)15-9-10-26-18-8-5-14(11-16(18)12-15)13-3-6-17(7-4-13)20(21,22)23/h3-8,11-12H,2,9-10H2,1H3. The van der Waals surface area contributed by atoms with Crippen molar-refractivity contribution in [3.05, 3.63) is 59.2 Å². The van der Waals surface area contributed by atoms with Crippen molar-refractivity contribution < 1.29 is 27.4 Å². The van der Waals surface area contributed by atoms with E-state index >= 15 is 0 Å². The van der Waals surface area contributed by atoms with Crippen LogP contribution in [-0.4, -0.2) is 19.2 Å². The van der Waals surface area contributed by atoms with Gasteiger partial charge < -0.3 is 9.47 Å². The van der Waals surface area contributed by atoms with Gasteiger partial charge in [-0.05, 0) is 48.4 Å². The Labute approximate surface area is 149 Å². The molecule has 0 N–H and O–H groups in total. The highest BCUT2D eigenvalue weighted by Gasteiger charge is 2.30. The van der Waals surface area contributed by atoms with Crippen molar-refractivity contribution >= 4 is 12.0 Å². The topological polar surface area (TPSA) is 35.5 Å². The summed E-state index contributed by atoms with van der Waals surface area (Å²) < 4.78 is 48.8. The maximum atomic E-state index is 12.7. The van der Waals surface area contributed by atoms with E-state index in [2.05, 4.69) is 0 Å². The van der Waals surface area contributed by atoms with Crippen molar-refractivity contribution in [2.24, 2.45) is 0 Å². The molecule has 0 saturated carbocycles. The van der Waals surface area contributed by atoms with Crippen molar-refractivity contribution in [1.29, 1.82) is 0 Å². The van der Waals surface area contributed by atoms with Gasteiger partial charge in [-0.3, -0.25) is 0 Å². The Morgan fingerprint density at radius 2 is 1.81 bits per heavy atom. The van der Waals surface area contributed by atoms with Crippen molar-refractivity contribution in [3.63, 3.8) is 0 Å². The number of ether oxygens (including phenoxy) is 2. The lowest BCUT2D eigenvalue weighted by molar-refractivity contribution is -0.139. The summed E-state index contributed by atoms with van der Waals surface area (Å²) in [6.07, 6.45) is -2.21. The largest absolute Gasteiger partial charge is 0.493 e. The normalized spacial score (nSPS) is 13.9. The van der Waals surface area contributed by atoms with E-state index < -0.39 is 11.7 Å². The number of hydrogen-bond donors (Lipinski definition) is 0. The maximum absolute atomic E-state index is 12.7. The minimum absolute atomic E-state index is 0.287. The lowest BCUT2D eigenvalue weighted by Crippen LogP contribution is -2.09. The number of carbonyl (C=O) groups is 1. The second-order valence-electron chi connectivity index (χ2n) is 5.82. The van der Waals surface area contributed by atoms with Crippen LogP contribution in [0.15, 0.2) is 48.0 Å². The first-order valence-corrected chi connectivity index (χ1v) is 8.20. The molecule has 0 unspecified atom stereocenters. The first kappa shape index (κ1) is 18.0. The molecule has 6 heteroatoms. The van der Waals surface area contributed by atoms with Gasteiger partial charge in [0.1, 0.15) is 5.75 Å². The van der Waals surface area contributed by atoms with Gasteiger partial charge in [0.25, 0.3) is 0 Å². The molecule has 1 heterocycles. The van der Waals surface area contributed by atoms with Gasteiger partial charge in [-0.1, -0.05) is 18.2 Å². The molecule has 0 fully saturated rings. The van der Waals surface area contributed by atoms with Crippen LogP contribution in [-0.2, 0) is 15.7 Å². The summed E-state index contributed by atoms with van der Waals surface area (Å²) in [7, 11) is 0. The van der Waals surface area contributed by atoms with Crippen molar-refractivity contribution in [2.45, 2.75) is 19.5 Å². The van der Waals surface area contributed by atoms with E-state index in [1.165, 1.54) is 12.1 Å². The molecule has 136 valence electrons. The highest BCUT2D eigenvalue weighted by atomic mass is 19.4. The van der Waals surface area contributed by atoms with Crippen LogP contribution >= 0.6 is 0 Å². The number of rotatable bonds is 3. The molecule has 0 amide bonds. The third-order valence-electron chi connectivity index (χ3n) is 4.05. The number of esters is 1. The smallest absolute Gasteiger partial charge is 0.416 e. The minimum Gasteiger partial charge on any atom is -0.493 e. The van der Waals surface area contributed by atoms with E-state index in [4.69, 9.17) is 9.47 Å². The summed E-state index contributed by atoms with van der Waals surface area (Å²) in [6, 6.07) is 10.3. The first-order valence-electron chi connectivity index (χ1n) is 8.20. The SMILES string of the molecule is CCOC(=O)C1=Cc2cc(-c3ccc(C(F)(F)F)cc3)ccc2OCC1. The predicted octanol–water partition coefficient (Wildman–Crippen LogP) is 5.10. The molecule has 1 aliphatic heterocycles. The van der Waals surface area contributed by atoms with E-state index in [1.54, 1.807) is 31.2 Å². The van der Waals surface area contributed by atoms with E-state index in [0.717, 1.165) is 17.7 Å². The molecule has 2 aromatic rings. The zero-order valence-electron chi connectivity index (χ0n) is 14.1. The highest BCUT2D eigenvalue weighted by molar-refractivity contribution is 5.94. The number of fused-ring (bicyclic) bond motifs is 1. The molecule has 1 aliphatic rings. The fraction of sp³-hybridized carbons (Fsp3) is 0.250. The fourth-order valence-corrected chi connectivity index (χ4v) is 2.74. The summed E-state index contributed by atoms with van der Waals surface area (Å²) >= 11 is 0. The fourth-order valence-electron chi connectivity index (χ4n) is 2.74. The summed E-state index contributed by atoms with van der Waals surface area (Å²) in [5.74, 6) is 0.240. The van der Waals surface area contributed by atoms with E-state index in [0.29, 0.717) is 35.5 Å². The highest BCUT2D eigenvalue weighted by Crippen LogP contribution is 2.34. The second kappa shape index (κ2) is 7.23. The molecule has 2 aromatic carbocycles. The van der Waals surface area contributed by atoms with Crippen LogP contribution in [0.3, 0.4) is 0 Å². The van der Waals surface area contributed by atoms with Crippen LogP contribution < -0.4 is 4.74 Å². The molecule has 26 heavy (non-hydrogen) atoms. The van der Waals surface area contributed by atoms with Crippen molar-refractivity contribution in [3.8, 4) is 16.9 Å². The molecule has 0 aromatic heterocycles. The Morgan fingerprint density at radius 1 is 1.12 bits per heavy atom. The number of hydrogen-bond acceptors (Lipinski definition) is 3. The summed E-state index contributed by atoms with van der Waals surface area (Å²) in [5, 5.41) is 0. The van der Waals surface area contributed by atoms with Crippen molar-refractivity contribution in [1.82, 2.24) is 0 Å². The van der Waals surface area contributed by atoms with E-state index in [9.17, 15) is 18.0 Å². The molecule has 0 atom stereocenters. The first-order chi connectivity index (χ1) is 12.4. The minimum atomic E-state index is -4.36. The van der Waals surface area contributed by atoms with Crippen LogP contribution in [0.4, 0.5) is 13.2 Å². The average Bonchev–Trinajstić information content (AvgIpc) is 2.83. The Morgan fingerprint density at radius 3 is 2.46 bits per heavy atom. The van der Waals surface area contributed by atoms with Crippen LogP contribution in [0.5, 0.6) is 5.75 Å². The van der Waals surface area contributed by atoms with Gasteiger partial charge in [-0.15, -0.1) is 0 Å². The number of carbonyl (C=O) groups excluding carboxylic acids is 1. The van der Waals surface area contributed by atoms with E-state index in [1.807, 2.05) is 0 Å². The monoisotopic (exact) mass is 362 g/mol. The van der Waals surface area contributed by atoms with Gasteiger partial charge in [-0.25, -0.2) is 4.79 Å². The third kappa shape index (κ3) is 3.90. The number of halogens is 3. The number of benzene rings is 2. The molecule has 3 rings (SSSR count). The van der Waals surface area contributed by atoms with Crippen molar-refractivity contribution in [2.75, 3.05) is 13.2 Å². The van der Waals surface area contributed by atoms with Gasteiger partial charge in [-0.2, -0.15) is 13.2 Å². The Hall–Kier alpha value is -2.76. The zero-order chi connectivity index (χ0) is 18.7. The Kier molecular flexibility index (Phi) is 5.02. The Bertz CT molecular complexity index is 836.